The summed E-state index contributed by atoms with van der Waals surface area (Å²) in [5.74, 6) is -0.106. The summed E-state index contributed by atoms with van der Waals surface area (Å²) in [5, 5.41) is 10.7. The summed E-state index contributed by atoms with van der Waals surface area (Å²) in [4.78, 5) is 0. The Morgan fingerprint density at radius 1 is 1.53 bits per heavy atom. The summed E-state index contributed by atoms with van der Waals surface area (Å²) in [7, 11) is 0. The van der Waals surface area contributed by atoms with Crippen LogP contribution in [0.2, 0.25) is 5.02 Å². The fourth-order valence-corrected chi connectivity index (χ4v) is 3.15. The molecule has 1 fully saturated rings. The quantitative estimate of drug-likeness (QED) is 0.868. The second kappa shape index (κ2) is 4.95. The Kier molecular flexibility index (Phi) is 3.74. The van der Waals surface area contributed by atoms with Gasteiger partial charge in [-0.1, -0.05) is 43.5 Å². The van der Waals surface area contributed by atoms with Crippen LogP contribution in [0.4, 0.5) is 4.39 Å². The molecule has 2 rings (SSSR count). The Morgan fingerprint density at radius 2 is 2.29 bits per heavy atom. The summed E-state index contributed by atoms with van der Waals surface area (Å²) in [6.07, 6.45) is 4.14. The van der Waals surface area contributed by atoms with E-state index in [4.69, 9.17) is 11.6 Å². The first kappa shape index (κ1) is 12.8. The lowest BCUT2D eigenvalue weighted by Crippen LogP contribution is -2.35. The lowest BCUT2D eigenvalue weighted by Gasteiger charge is -2.29. The maximum absolute atomic E-state index is 13.8. The van der Waals surface area contributed by atoms with Crippen molar-refractivity contribution in [2.24, 2.45) is 5.92 Å². The fourth-order valence-electron chi connectivity index (χ4n) is 2.96. The third-order valence-electron chi connectivity index (χ3n) is 3.94. The lowest BCUT2D eigenvalue weighted by atomic mass is 9.83. The van der Waals surface area contributed by atoms with Crippen LogP contribution in [0.5, 0.6) is 0 Å². The monoisotopic (exact) mass is 256 g/mol. The van der Waals surface area contributed by atoms with E-state index in [9.17, 15) is 9.50 Å². The van der Waals surface area contributed by atoms with Crippen LogP contribution in [0.25, 0.3) is 0 Å². The van der Waals surface area contributed by atoms with Crippen molar-refractivity contribution >= 4 is 11.6 Å². The summed E-state index contributed by atoms with van der Waals surface area (Å²) in [5.41, 5.74) is -0.222. The average Bonchev–Trinajstić information content (AvgIpc) is 2.66. The first-order valence-electron chi connectivity index (χ1n) is 6.22. The maximum Gasteiger partial charge on any atom is 0.145 e. The molecular formula is C14H18ClFO. The molecule has 1 saturated carbocycles. The fraction of sp³-hybridized carbons (Fsp3) is 0.571. The molecule has 1 aromatic carbocycles. The molecule has 1 aliphatic carbocycles. The highest BCUT2D eigenvalue weighted by molar-refractivity contribution is 6.30. The van der Waals surface area contributed by atoms with Crippen LogP contribution in [0, 0.1) is 11.7 Å². The van der Waals surface area contributed by atoms with Crippen molar-refractivity contribution < 1.29 is 9.50 Å². The van der Waals surface area contributed by atoms with Crippen molar-refractivity contribution in [3.63, 3.8) is 0 Å². The molecule has 3 heteroatoms. The predicted octanol–water partition coefficient (Wildman–Crippen LogP) is 3.96. The molecule has 0 aliphatic heterocycles. The molecule has 0 aromatic heterocycles. The minimum Gasteiger partial charge on any atom is -0.389 e. The van der Waals surface area contributed by atoms with Crippen molar-refractivity contribution in [1.82, 2.24) is 0 Å². The largest absolute Gasteiger partial charge is 0.389 e. The zero-order valence-electron chi connectivity index (χ0n) is 10.0. The van der Waals surface area contributed by atoms with Gasteiger partial charge in [0.05, 0.1) is 10.6 Å². The number of hydrogen-bond acceptors (Lipinski definition) is 1. The highest BCUT2D eigenvalue weighted by atomic mass is 35.5. The molecule has 2 atom stereocenters. The zero-order chi connectivity index (χ0) is 12.5. The first-order valence-corrected chi connectivity index (χ1v) is 6.60. The van der Waals surface area contributed by atoms with Gasteiger partial charge < -0.3 is 5.11 Å². The Bertz CT molecular complexity index is 407. The summed E-state index contributed by atoms with van der Waals surface area (Å²) in [6, 6.07) is 4.99. The topological polar surface area (TPSA) is 20.2 Å². The number of benzene rings is 1. The van der Waals surface area contributed by atoms with E-state index in [1.165, 1.54) is 6.07 Å². The molecule has 1 N–H and O–H groups in total. The Balaban J connectivity index is 2.23. The smallest absolute Gasteiger partial charge is 0.145 e. The maximum atomic E-state index is 13.8. The second-order valence-corrected chi connectivity index (χ2v) is 5.40. The molecule has 0 bridgehead atoms. The molecule has 0 spiro atoms. The van der Waals surface area contributed by atoms with E-state index in [1.807, 2.05) is 0 Å². The van der Waals surface area contributed by atoms with E-state index in [2.05, 4.69) is 6.92 Å². The van der Waals surface area contributed by atoms with Crippen molar-refractivity contribution in [3.05, 3.63) is 34.6 Å². The highest BCUT2D eigenvalue weighted by Gasteiger charge is 2.40. The van der Waals surface area contributed by atoms with Gasteiger partial charge in [0.2, 0.25) is 0 Å². The molecule has 0 heterocycles. The van der Waals surface area contributed by atoms with Crippen molar-refractivity contribution in [2.75, 3.05) is 0 Å². The van der Waals surface area contributed by atoms with Gasteiger partial charge in [0.1, 0.15) is 5.82 Å². The molecule has 0 amide bonds. The number of halogens is 2. The molecule has 1 nitrogen and oxygen atoms in total. The van der Waals surface area contributed by atoms with E-state index >= 15 is 0 Å². The molecule has 1 aromatic rings. The van der Waals surface area contributed by atoms with Gasteiger partial charge in [-0.05, 0) is 30.4 Å². The SMILES string of the molecule is CCC1CCCC1(O)Cc1cccc(Cl)c1F. The van der Waals surface area contributed by atoms with Gasteiger partial charge in [-0.2, -0.15) is 0 Å². The molecule has 17 heavy (non-hydrogen) atoms. The summed E-state index contributed by atoms with van der Waals surface area (Å²) in [6.45, 7) is 2.08. The summed E-state index contributed by atoms with van der Waals surface area (Å²) < 4.78 is 13.8. The second-order valence-electron chi connectivity index (χ2n) is 4.99. The van der Waals surface area contributed by atoms with Gasteiger partial charge in [-0.15, -0.1) is 0 Å². The van der Waals surface area contributed by atoms with Crippen molar-refractivity contribution in [3.8, 4) is 0 Å². The zero-order valence-corrected chi connectivity index (χ0v) is 10.8. The van der Waals surface area contributed by atoms with E-state index < -0.39 is 5.60 Å². The van der Waals surface area contributed by atoms with E-state index in [0.717, 1.165) is 25.7 Å². The number of hydrogen-bond donors (Lipinski definition) is 1. The highest BCUT2D eigenvalue weighted by Crippen LogP contribution is 2.40. The molecule has 0 saturated heterocycles. The van der Waals surface area contributed by atoms with Crippen molar-refractivity contribution in [1.29, 1.82) is 0 Å². The standard InChI is InChI=1S/C14H18ClFO/c1-2-11-6-4-8-14(11,17)9-10-5-3-7-12(15)13(10)16/h3,5,7,11,17H,2,4,6,8-9H2,1H3. The van der Waals surface area contributed by atoms with E-state index in [0.29, 0.717) is 12.0 Å². The molecule has 2 unspecified atom stereocenters. The van der Waals surface area contributed by atoms with Crippen LogP contribution in [0.3, 0.4) is 0 Å². The van der Waals surface area contributed by atoms with Crippen LogP contribution < -0.4 is 0 Å². The summed E-state index contributed by atoms with van der Waals surface area (Å²) >= 11 is 5.76. The third kappa shape index (κ3) is 2.48. The first-order chi connectivity index (χ1) is 8.07. The van der Waals surface area contributed by atoms with Gasteiger partial charge in [-0.3, -0.25) is 0 Å². The van der Waals surface area contributed by atoms with E-state index in [1.54, 1.807) is 12.1 Å². The number of rotatable bonds is 3. The number of aliphatic hydroxyl groups is 1. The van der Waals surface area contributed by atoms with Gasteiger partial charge in [0, 0.05) is 6.42 Å². The predicted molar refractivity (Wildman–Crippen MR) is 67.7 cm³/mol. The Morgan fingerprint density at radius 3 is 3.00 bits per heavy atom. The molecular weight excluding hydrogens is 239 g/mol. The minimum atomic E-state index is -0.750. The van der Waals surface area contributed by atoms with Gasteiger partial charge in [0.25, 0.3) is 0 Å². The van der Waals surface area contributed by atoms with Crippen LogP contribution >= 0.6 is 11.6 Å². The molecule has 0 radical (unpaired) electrons. The van der Waals surface area contributed by atoms with E-state index in [-0.39, 0.29) is 16.8 Å². The van der Waals surface area contributed by atoms with Crippen LogP contribution in [0.1, 0.15) is 38.2 Å². The van der Waals surface area contributed by atoms with Crippen LogP contribution in [-0.4, -0.2) is 10.7 Å². The molecule has 94 valence electrons. The Labute approximate surface area is 107 Å². The lowest BCUT2D eigenvalue weighted by molar-refractivity contribution is 0.000776. The molecule has 1 aliphatic rings. The van der Waals surface area contributed by atoms with Gasteiger partial charge in [-0.25, -0.2) is 4.39 Å². The van der Waals surface area contributed by atoms with Gasteiger partial charge in [0.15, 0.2) is 0 Å². The average molecular weight is 257 g/mol. The third-order valence-corrected chi connectivity index (χ3v) is 4.24. The van der Waals surface area contributed by atoms with Crippen LogP contribution in [0.15, 0.2) is 18.2 Å². The van der Waals surface area contributed by atoms with Crippen LogP contribution in [-0.2, 0) is 6.42 Å². The minimum absolute atomic E-state index is 0.136. The Hall–Kier alpha value is -0.600. The normalized spacial score (nSPS) is 28.6. The van der Waals surface area contributed by atoms with Crippen molar-refractivity contribution in [2.45, 2.75) is 44.6 Å². The van der Waals surface area contributed by atoms with Gasteiger partial charge >= 0.3 is 0 Å².